The minimum atomic E-state index is -0.256. The van der Waals surface area contributed by atoms with Crippen molar-refractivity contribution in [1.29, 1.82) is 0 Å². The normalized spacial score (nSPS) is 25.3. The highest BCUT2D eigenvalue weighted by Crippen LogP contribution is 2.28. The van der Waals surface area contributed by atoms with E-state index >= 15 is 0 Å². The quantitative estimate of drug-likeness (QED) is 0.719. The molecule has 6 nitrogen and oxygen atoms in total. The number of nitrogens with one attached hydrogen (secondary N) is 1. The number of carbonyl (C=O) groups excluding carboxylic acids is 1. The summed E-state index contributed by atoms with van der Waals surface area (Å²) in [4.78, 5) is 12.9. The second kappa shape index (κ2) is 6.50. The van der Waals surface area contributed by atoms with E-state index in [4.69, 9.17) is 9.47 Å². The van der Waals surface area contributed by atoms with Crippen LogP contribution in [0.1, 0.15) is 23.2 Å². The Kier molecular flexibility index (Phi) is 4.00. The van der Waals surface area contributed by atoms with Crippen LogP contribution in [-0.2, 0) is 9.47 Å². The first-order valence-electron chi connectivity index (χ1n) is 8.82. The van der Waals surface area contributed by atoms with E-state index in [9.17, 15) is 4.79 Å². The lowest BCUT2D eigenvalue weighted by atomic mass is 9.94. The summed E-state index contributed by atoms with van der Waals surface area (Å²) >= 11 is 1.39. The molecule has 0 unspecified atom stereocenters. The highest BCUT2D eigenvalue weighted by molar-refractivity contribution is 7.03. The molecule has 3 aromatic rings. The van der Waals surface area contributed by atoms with Gasteiger partial charge in [0.1, 0.15) is 6.10 Å². The summed E-state index contributed by atoms with van der Waals surface area (Å²) in [6.07, 6.45) is 5.21. The zero-order valence-electron chi connectivity index (χ0n) is 14.1. The highest BCUT2D eigenvalue weighted by atomic mass is 32.1. The number of hydrogen-bond donors (Lipinski definition) is 1. The number of hydrogen-bond acceptors (Lipinski definition) is 6. The van der Waals surface area contributed by atoms with Crippen LogP contribution in [0.25, 0.3) is 16.6 Å². The molecule has 5 rings (SSSR count). The Labute approximate surface area is 154 Å². The Hall–Kier alpha value is -2.22. The van der Waals surface area contributed by atoms with E-state index < -0.39 is 0 Å². The van der Waals surface area contributed by atoms with Crippen LogP contribution in [0.15, 0.2) is 42.0 Å². The zero-order chi connectivity index (χ0) is 17.5. The number of aromatic nitrogens is 2. The number of morpholine rings is 1. The van der Waals surface area contributed by atoms with Crippen LogP contribution in [0.4, 0.5) is 0 Å². The van der Waals surface area contributed by atoms with E-state index in [0.717, 1.165) is 29.4 Å². The van der Waals surface area contributed by atoms with Gasteiger partial charge in [0.25, 0.3) is 0 Å². The molecule has 0 aliphatic carbocycles. The third-order valence-electron chi connectivity index (χ3n) is 5.11. The molecule has 2 saturated heterocycles. The summed E-state index contributed by atoms with van der Waals surface area (Å²) in [5, 5.41) is 6.39. The first kappa shape index (κ1) is 16.0. The van der Waals surface area contributed by atoms with Crippen molar-refractivity contribution in [2.24, 2.45) is 0 Å². The average Bonchev–Trinajstić information content (AvgIpc) is 3.29. The highest BCUT2D eigenvalue weighted by Gasteiger charge is 2.34. The first-order chi connectivity index (χ1) is 12.8. The first-order valence-corrected chi connectivity index (χ1v) is 9.66. The minimum absolute atomic E-state index is 0.0624. The van der Waals surface area contributed by atoms with Crippen molar-refractivity contribution >= 4 is 28.4 Å². The van der Waals surface area contributed by atoms with Crippen LogP contribution in [0, 0.1) is 0 Å². The second-order valence-corrected chi connectivity index (χ2v) is 7.57. The molecule has 1 N–H and O–H groups in total. The molecule has 0 amide bonds. The number of piperidine rings is 1. The Morgan fingerprint density at radius 1 is 1.27 bits per heavy atom. The predicted molar refractivity (Wildman–Crippen MR) is 98.9 cm³/mol. The largest absolute Gasteiger partial charge is 0.459 e. The smallest absolute Gasteiger partial charge is 0.340 e. The molecule has 2 bridgehead atoms. The lowest BCUT2D eigenvalue weighted by molar-refractivity contribution is -0.0339. The van der Waals surface area contributed by atoms with Gasteiger partial charge in [-0.05, 0) is 17.6 Å². The molecule has 134 valence electrons. The van der Waals surface area contributed by atoms with Crippen LogP contribution in [0.5, 0.6) is 0 Å². The van der Waals surface area contributed by atoms with Crippen molar-refractivity contribution in [2.45, 2.75) is 31.0 Å². The van der Waals surface area contributed by atoms with Gasteiger partial charge in [-0.1, -0.05) is 18.2 Å². The van der Waals surface area contributed by atoms with Crippen molar-refractivity contribution in [2.75, 3.05) is 13.2 Å². The maximum atomic E-state index is 12.9. The molecule has 0 saturated carbocycles. The molecule has 2 aromatic heterocycles. The Bertz CT molecular complexity index is 925. The third-order valence-corrected chi connectivity index (χ3v) is 5.68. The van der Waals surface area contributed by atoms with Gasteiger partial charge in [-0.15, -0.1) is 0 Å². The van der Waals surface area contributed by atoms with Crippen molar-refractivity contribution in [1.82, 2.24) is 14.3 Å². The van der Waals surface area contributed by atoms with Gasteiger partial charge in [0.2, 0.25) is 0 Å². The van der Waals surface area contributed by atoms with Gasteiger partial charge in [-0.2, -0.15) is 4.37 Å². The molecular weight excluding hydrogens is 350 g/mol. The van der Waals surface area contributed by atoms with Gasteiger partial charge in [-0.3, -0.25) is 0 Å². The van der Waals surface area contributed by atoms with Crippen molar-refractivity contribution in [3.8, 4) is 5.69 Å². The number of ether oxygens (including phenoxy) is 2. The van der Waals surface area contributed by atoms with Crippen LogP contribution in [0.2, 0.25) is 0 Å². The van der Waals surface area contributed by atoms with Crippen LogP contribution in [0.3, 0.4) is 0 Å². The molecular formula is C19H19N3O3S. The second-order valence-electron chi connectivity index (χ2n) is 6.91. The lowest BCUT2D eigenvalue weighted by Gasteiger charge is -2.39. The van der Waals surface area contributed by atoms with Gasteiger partial charge in [0.05, 0.1) is 36.2 Å². The zero-order valence-corrected chi connectivity index (χ0v) is 14.9. The Morgan fingerprint density at radius 3 is 2.85 bits per heavy atom. The van der Waals surface area contributed by atoms with Crippen LogP contribution < -0.4 is 5.32 Å². The van der Waals surface area contributed by atoms with Gasteiger partial charge < -0.3 is 19.4 Å². The molecule has 2 aliphatic rings. The number of benzene rings is 1. The summed E-state index contributed by atoms with van der Waals surface area (Å²) < 4.78 is 17.6. The lowest BCUT2D eigenvalue weighted by Crippen LogP contribution is -2.56. The van der Waals surface area contributed by atoms with Crippen LogP contribution in [-0.4, -0.2) is 46.3 Å². The number of esters is 1. The van der Waals surface area contributed by atoms with Gasteiger partial charge >= 0.3 is 5.97 Å². The van der Waals surface area contributed by atoms with Crippen LogP contribution >= 0.6 is 11.5 Å². The molecule has 2 fully saturated rings. The van der Waals surface area contributed by atoms with Gasteiger partial charge in [-0.25, -0.2) is 4.79 Å². The fourth-order valence-corrected chi connectivity index (χ4v) is 4.48. The standard InChI is InChI=1S/C19H19N3O3S/c23-19(25-15-5-12-9-24-10-13(6-15)21-12)17-8-22(14-7-20-26-11-14)18-4-2-1-3-16(17)18/h1-4,7-8,11-13,15,21H,5-6,9-10H2/t12-,13+,15-. The van der Waals surface area contributed by atoms with Gasteiger partial charge in [0, 0.05) is 41.9 Å². The van der Waals surface area contributed by atoms with E-state index in [2.05, 4.69) is 9.69 Å². The summed E-state index contributed by atoms with van der Waals surface area (Å²) in [5.41, 5.74) is 2.54. The topological polar surface area (TPSA) is 65.4 Å². The molecule has 26 heavy (non-hydrogen) atoms. The number of fused-ring (bicyclic) bond motifs is 3. The van der Waals surface area contributed by atoms with E-state index in [0.29, 0.717) is 18.8 Å². The average molecular weight is 369 g/mol. The number of para-hydroxylation sites is 1. The maximum absolute atomic E-state index is 12.9. The molecule has 4 heterocycles. The molecule has 1 aromatic carbocycles. The maximum Gasteiger partial charge on any atom is 0.340 e. The molecule has 2 aliphatic heterocycles. The minimum Gasteiger partial charge on any atom is -0.459 e. The van der Waals surface area contributed by atoms with E-state index in [-0.39, 0.29) is 24.2 Å². The molecule has 0 spiro atoms. The monoisotopic (exact) mass is 369 g/mol. The molecule has 7 heteroatoms. The van der Waals surface area contributed by atoms with Crippen molar-refractivity contribution in [3.63, 3.8) is 0 Å². The van der Waals surface area contributed by atoms with Crippen molar-refractivity contribution in [3.05, 3.63) is 47.6 Å². The number of carbonyl (C=O) groups is 1. The summed E-state index contributed by atoms with van der Waals surface area (Å²) in [6.45, 7) is 1.38. The fourth-order valence-electron chi connectivity index (χ4n) is 3.97. The number of rotatable bonds is 3. The summed E-state index contributed by atoms with van der Waals surface area (Å²) in [7, 11) is 0. The fraction of sp³-hybridized carbons (Fsp3) is 0.368. The molecule has 3 atom stereocenters. The SMILES string of the molecule is O=C(O[C@H]1C[C@H]2COC[C@@H](C1)N2)c1cn(-c2cnsc2)c2ccccc12. The summed E-state index contributed by atoms with van der Waals surface area (Å²) in [6, 6.07) is 8.45. The van der Waals surface area contributed by atoms with Crippen molar-refractivity contribution < 1.29 is 14.3 Å². The Morgan fingerprint density at radius 2 is 2.08 bits per heavy atom. The predicted octanol–water partition coefficient (Wildman–Crippen LogP) is 2.76. The van der Waals surface area contributed by atoms with Gasteiger partial charge in [0.15, 0.2) is 0 Å². The van der Waals surface area contributed by atoms with E-state index in [1.807, 2.05) is 40.4 Å². The Balaban J connectivity index is 1.44. The third kappa shape index (κ3) is 2.82. The molecule has 0 radical (unpaired) electrons. The number of nitrogens with zero attached hydrogens (tertiary/aromatic N) is 2. The van der Waals surface area contributed by atoms with E-state index in [1.54, 1.807) is 6.20 Å². The van der Waals surface area contributed by atoms with E-state index in [1.165, 1.54) is 11.5 Å². The summed E-state index contributed by atoms with van der Waals surface area (Å²) in [5.74, 6) is -0.256.